The van der Waals surface area contributed by atoms with Crippen LogP contribution in [-0.2, 0) is 11.3 Å². The SMILES string of the molecule is CCNc1nnc(COC)s1. The normalized spacial score (nSPS) is 10.0. The second kappa shape index (κ2) is 4.25. The predicted octanol–water partition coefficient (Wildman–Crippen LogP) is 1.12. The average molecular weight is 173 g/mol. The molecular formula is C6H11N3OS. The van der Waals surface area contributed by atoms with Crippen molar-refractivity contribution in [2.75, 3.05) is 19.0 Å². The Morgan fingerprint density at radius 1 is 1.55 bits per heavy atom. The van der Waals surface area contributed by atoms with Crippen LogP contribution in [0.5, 0.6) is 0 Å². The predicted molar refractivity (Wildman–Crippen MR) is 44.8 cm³/mol. The Labute approximate surface area is 69.6 Å². The molecule has 1 aromatic heterocycles. The number of ether oxygens (including phenoxy) is 1. The zero-order valence-corrected chi connectivity index (χ0v) is 7.44. The van der Waals surface area contributed by atoms with E-state index in [0.29, 0.717) is 6.61 Å². The van der Waals surface area contributed by atoms with Crippen molar-refractivity contribution >= 4 is 16.5 Å². The molecule has 0 spiro atoms. The minimum Gasteiger partial charge on any atom is -0.377 e. The van der Waals surface area contributed by atoms with Gasteiger partial charge in [0.15, 0.2) is 0 Å². The van der Waals surface area contributed by atoms with Gasteiger partial charge >= 0.3 is 0 Å². The van der Waals surface area contributed by atoms with Crippen molar-refractivity contribution in [2.45, 2.75) is 13.5 Å². The van der Waals surface area contributed by atoms with Crippen LogP contribution < -0.4 is 5.32 Å². The first-order valence-electron chi connectivity index (χ1n) is 3.42. The van der Waals surface area contributed by atoms with Crippen LogP contribution >= 0.6 is 11.3 Å². The molecule has 0 aliphatic heterocycles. The van der Waals surface area contributed by atoms with Gasteiger partial charge < -0.3 is 10.1 Å². The van der Waals surface area contributed by atoms with Crippen LogP contribution in [0.3, 0.4) is 0 Å². The molecule has 0 amide bonds. The van der Waals surface area contributed by atoms with Crippen molar-refractivity contribution in [1.29, 1.82) is 0 Å². The molecule has 0 aromatic carbocycles. The zero-order chi connectivity index (χ0) is 8.10. The molecular weight excluding hydrogens is 162 g/mol. The Morgan fingerprint density at radius 2 is 2.36 bits per heavy atom. The highest BCUT2D eigenvalue weighted by molar-refractivity contribution is 7.15. The molecule has 0 radical (unpaired) electrons. The first kappa shape index (κ1) is 8.42. The molecule has 0 aliphatic rings. The third-order valence-corrected chi connectivity index (χ3v) is 1.92. The molecule has 1 heterocycles. The number of rotatable bonds is 4. The van der Waals surface area contributed by atoms with E-state index >= 15 is 0 Å². The van der Waals surface area contributed by atoms with Gasteiger partial charge in [-0.2, -0.15) is 0 Å². The maximum atomic E-state index is 4.90. The van der Waals surface area contributed by atoms with Crippen molar-refractivity contribution in [2.24, 2.45) is 0 Å². The molecule has 4 nitrogen and oxygen atoms in total. The second-order valence-electron chi connectivity index (χ2n) is 1.96. The van der Waals surface area contributed by atoms with Crippen LogP contribution in [0.4, 0.5) is 5.13 Å². The minimum atomic E-state index is 0.545. The number of nitrogens with zero attached hydrogens (tertiary/aromatic N) is 2. The molecule has 0 bridgehead atoms. The number of hydrogen-bond acceptors (Lipinski definition) is 5. The monoisotopic (exact) mass is 173 g/mol. The van der Waals surface area contributed by atoms with Gasteiger partial charge in [-0.05, 0) is 6.92 Å². The molecule has 1 N–H and O–H groups in total. The standard InChI is InChI=1S/C6H11N3OS/c1-3-7-6-9-8-5(11-6)4-10-2/h3-4H2,1-2H3,(H,7,9). The van der Waals surface area contributed by atoms with Crippen LogP contribution in [0.15, 0.2) is 0 Å². The molecule has 5 heteroatoms. The largest absolute Gasteiger partial charge is 0.377 e. The van der Waals surface area contributed by atoms with E-state index in [4.69, 9.17) is 4.74 Å². The van der Waals surface area contributed by atoms with E-state index in [0.717, 1.165) is 16.7 Å². The summed E-state index contributed by atoms with van der Waals surface area (Å²) in [6, 6.07) is 0. The molecule has 0 saturated heterocycles. The van der Waals surface area contributed by atoms with Crippen molar-refractivity contribution in [3.63, 3.8) is 0 Å². The van der Waals surface area contributed by atoms with E-state index in [9.17, 15) is 0 Å². The molecule has 62 valence electrons. The smallest absolute Gasteiger partial charge is 0.205 e. The van der Waals surface area contributed by atoms with E-state index in [-0.39, 0.29) is 0 Å². The highest BCUT2D eigenvalue weighted by Crippen LogP contribution is 2.14. The lowest BCUT2D eigenvalue weighted by Gasteiger charge is -1.91. The lowest BCUT2D eigenvalue weighted by molar-refractivity contribution is 0.184. The van der Waals surface area contributed by atoms with Crippen LogP contribution in [0.25, 0.3) is 0 Å². The van der Waals surface area contributed by atoms with Gasteiger partial charge in [-0.1, -0.05) is 11.3 Å². The van der Waals surface area contributed by atoms with Gasteiger partial charge in [0.2, 0.25) is 5.13 Å². The summed E-state index contributed by atoms with van der Waals surface area (Å²) in [6.45, 7) is 3.45. The van der Waals surface area contributed by atoms with E-state index in [1.54, 1.807) is 7.11 Å². The molecule has 0 fully saturated rings. The fourth-order valence-corrected chi connectivity index (χ4v) is 1.44. The third-order valence-electron chi connectivity index (χ3n) is 1.06. The number of methoxy groups -OCH3 is 1. The summed E-state index contributed by atoms with van der Waals surface area (Å²) in [7, 11) is 1.65. The maximum Gasteiger partial charge on any atom is 0.205 e. The summed E-state index contributed by atoms with van der Waals surface area (Å²) in [6.07, 6.45) is 0. The van der Waals surface area contributed by atoms with Crippen LogP contribution in [0.1, 0.15) is 11.9 Å². The van der Waals surface area contributed by atoms with Gasteiger partial charge in [0.1, 0.15) is 11.6 Å². The Hall–Kier alpha value is -0.680. The highest BCUT2D eigenvalue weighted by atomic mass is 32.1. The van der Waals surface area contributed by atoms with E-state index in [1.165, 1.54) is 11.3 Å². The van der Waals surface area contributed by atoms with Gasteiger partial charge in [0.05, 0.1) is 0 Å². The summed E-state index contributed by atoms with van der Waals surface area (Å²) < 4.78 is 4.90. The highest BCUT2D eigenvalue weighted by Gasteiger charge is 2.00. The van der Waals surface area contributed by atoms with Crippen molar-refractivity contribution in [3.8, 4) is 0 Å². The summed E-state index contributed by atoms with van der Waals surface area (Å²) in [5, 5.41) is 12.6. The van der Waals surface area contributed by atoms with Crippen molar-refractivity contribution in [1.82, 2.24) is 10.2 Å². The summed E-state index contributed by atoms with van der Waals surface area (Å²) >= 11 is 1.52. The van der Waals surface area contributed by atoms with Crippen LogP contribution in [0.2, 0.25) is 0 Å². The van der Waals surface area contributed by atoms with Gasteiger partial charge in [0.25, 0.3) is 0 Å². The molecule has 0 aliphatic carbocycles. The van der Waals surface area contributed by atoms with E-state index < -0.39 is 0 Å². The zero-order valence-electron chi connectivity index (χ0n) is 6.63. The fourth-order valence-electron chi connectivity index (χ4n) is 0.658. The lowest BCUT2D eigenvalue weighted by atomic mass is 10.8. The van der Waals surface area contributed by atoms with Crippen molar-refractivity contribution in [3.05, 3.63) is 5.01 Å². The Morgan fingerprint density at radius 3 is 3.00 bits per heavy atom. The maximum absolute atomic E-state index is 4.90. The summed E-state index contributed by atoms with van der Waals surface area (Å²) in [4.78, 5) is 0. The van der Waals surface area contributed by atoms with Gasteiger partial charge in [0, 0.05) is 13.7 Å². The average Bonchev–Trinajstić information content (AvgIpc) is 2.38. The number of hydrogen-bond donors (Lipinski definition) is 1. The van der Waals surface area contributed by atoms with E-state index in [2.05, 4.69) is 15.5 Å². The molecule has 11 heavy (non-hydrogen) atoms. The summed E-state index contributed by atoms with van der Waals surface area (Å²) in [5.74, 6) is 0. The second-order valence-corrected chi connectivity index (χ2v) is 3.03. The Bertz CT molecular complexity index is 193. The van der Waals surface area contributed by atoms with Crippen LogP contribution in [-0.4, -0.2) is 23.9 Å². The van der Waals surface area contributed by atoms with Crippen LogP contribution in [0, 0.1) is 0 Å². The van der Waals surface area contributed by atoms with Gasteiger partial charge in [-0.15, -0.1) is 10.2 Å². The van der Waals surface area contributed by atoms with Gasteiger partial charge in [-0.3, -0.25) is 0 Å². The molecule has 0 saturated carbocycles. The first-order chi connectivity index (χ1) is 5.36. The first-order valence-corrected chi connectivity index (χ1v) is 4.23. The Balaban J connectivity index is 2.51. The molecule has 0 unspecified atom stereocenters. The topological polar surface area (TPSA) is 47.0 Å². The number of anilines is 1. The quantitative estimate of drug-likeness (QED) is 0.741. The number of nitrogens with one attached hydrogen (secondary N) is 1. The lowest BCUT2D eigenvalue weighted by Crippen LogP contribution is -1.94. The van der Waals surface area contributed by atoms with Gasteiger partial charge in [-0.25, -0.2) is 0 Å². The minimum absolute atomic E-state index is 0.545. The Kier molecular flexibility index (Phi) is 3.25. The summed E-state index contributed by atoms with van der Waals surface area (Å²) in [5.41, 5.74) is 0. The molecule has 0 atom stereocenters. The van der Waals surface area contributed by atoms with Crippen molar-refractivity contribution < 1.29 is 4.74 Å². The fraction of sp³-hybridized carbons (Fsp3) is 0.667. The number of aromatic nitrogens is 2. The molecule has 1 rings (SSSR count). The third kappa shape index (κ3) is 2.44. The molecule has 1 aromatic rings. The van der Waals surface area contributed by atoms with E-state index in [1.807, 2.05) is 6.92 Å².